The van der Waals surface area contributed by atoms with Gasteiger partial charge in [0.15, 0.2) is 0 Å². The van der Waals surface area contributed by atoms with Crippen LogP contribution in [-0.2, 0) is 14.4 Å². The summed E-state index contributed by atoms with van der Waals surface area (Å²) in [6, 6.07) is 14.4. The van der Waals surface area contributed by atoms with Gasteiger partial charge in [0.25, 0.3) is 5.69 Å². The Labute approximate surface area is 195 Å². The van der Waals surface area contributed by atoms with Crippen molar-refractivity contribution in [1.29, 1.82) is 0 Å². The van der Waals surface area contributed by atoms with Gasteiger partial charge in [0, 0.05) is 57.0 Å². The second-order valence-electron chi connectivity index (χ2n) is 7.21. The molecule has 12 heteroatoms. The number of hydrogen-bond acceptors (Lipinski definition) is 8. The van der Waals surface area contributed by atoms with E-state index in [2.05, 4.69) is 27.2 Å². The number of nitro groups is 1. The molecule has 0 unspecified atom stereocenters. The third-order valence-electron chi connectivity index (χ3n) is 5.00. The molecule has 182 valence electrons. The van der Waals surface area contributed by atoms with Crippen LogP contribution in [0.4, 0.5) is 17.1 Å². The minimum Gasteiger partial charge on any atom is -0.495 e. The number of non-ortho nitro benzene ring substituents is 1. The molecule has 3 rings (SSSR count). The summed E-state index contributed by atoms with van der Waals surface area (Å²) in [5.74, 6) is -3.44. The van der Waals surface area contributed by atoms with Crippen molar-refractivity contribution in [2.45, 2.75) is 6.42 Å². The number of nitrogens with zero attached hydrogens (tertiary/aromatic N) is 3. The summed E-state index contributed by atoms with van der Waals surface area (Å²) < 4.78 is 5.18. The van der Waals surface area contributed by atoms with Crippen molar-refractivity contribution in [1.82, 2.24) is 4.90 Å². The molecule has 0 aliphatic carbocycles. The second-order valence-corrected chi connectivity index (χ2v) is 7.21. The van der Waals surface area contributed by atoms with Gasteiger partial charge in [-0.15, -0.1) is 0 Å². The molecule has 2 aromatic rings. The smallest absolute Gasteiger partial charge is 0.414 e. The molecular weight excluding hydrogens is 448 g/mol. The second kappa shape index (κ2) is 12.7. The molecule has 3 N–H and O–H groups in total. The molecule has 1 amide bonds. The number of carboxylic acid groups (broad SMARTS) is 2. The number of piperazine rings is 1. The normalized spacial score (nSPS) is 13.3. The standard InChI is InChI=1S/C20H24N4O4.C2H2O4/c1-28-19-8-7-17(24(26)27)15-18(19)21-20(25)9-10-22-11-13-23(14-12-22)16-5-3-2-4-6-16;3-1(4)2(5)6/h2-8,15H,9-14H2,1H3,(H,21,25);(H,3,4)(H,5,6). The Hall–Kier alpha value is -4.19. The maximum Gasteiger partial charge on any atom is 0.414 e. The number of nitrogens with one attached hydrogen (secondary N) is 1. The minimum atomic E-state index is -1.82. The fourth-order valence-electron chi connectivity index (χ4n) is 3.25. The van der Waals surface area contributed by atoms with E-state index in [4.69, 9.17) is 24.5 Å². The molecule has 1 saturated heterocycles. The van der Waals surface area contributed by atoms with E-state index in [9.17, 15) is 14.9 Å². The Morgan fingerprint density at radius 3 is 2.18 bits per heavy atom. The Kier molecular flexibility index (Phi) is 9.77. The minimum absolute atomic E-state index is 0.0897. The number of benzene rings is 2. The monoisotopic (exact) mass is 474 g/mol. The first-order valence-electron chi connectivity index (χ1n) is 10.3. The Balaban J connectivity index is 0.000000604. The Morgan fingerprint density at radius 2 is 1.65 bits per heavy atom. The van der Waals surface area contributed by atoms with Crippen LogP contribution in [0, 0.1) is 10.1 Å². The molecule has 1 aliphatic rings. The summed E-state index contributed by atoms with van der Waals surface area (Å²) in [6.07, 6.45) is 0.317. The number of carbonyl (C=O) groups excluding carboxylic acids is 1. The van der Waals surface area contributed by atoms with Crippen LogP contribution in [0.25, 0.3) is 0 Å². The van der Waals surface area contributed by atoms with Crippen LogP contribution in [0.3, 0.4) is 0 Å². The predicted octanol–water partition coefficient (Wildman–Crippen LogP) is 1.91. The average molecular weight is 474 g/mol. The van der Waals surface area contributed by atoms with Crippen LogP contribution in [0.1, 0.15) is 6.42 Å². The van der Waals surface area contributed by atoms with E-state index in [1.54, 1.807) is 0 Å². The zero-order chi connectivity index (χ0) is 25.1. The number of methoxy groups -OCH3 is 1. The Morgan fingerprint density at radius 1 is 1.03 bits per heavy atom. The molecule has 2 aromatic carbocycles. The van der Waals surface area contributed by atoms with Crippen LogP contribution < -0.4 is 15.0 Å². The first-order valence-corrected chi connectivity index (χ1v) is 10.3. The predicted molar refractivity (Wildman–Crippen MR) is 123 cm³/mol. The van der Waals surface area contributed by atoms with Gasteiger partial charge in [-0.1, -0.05) is 18.2 Å². The first-order chi connectivity index (χ1) is 16.2. The number of hydrogen-bond donors (Lipinski definition) is 3. The van der Waals surface area contributed by atoms with Gasteiger partial charge in [-0.25, -0.2) is 9.59 Å². The Bertz CT molecular complexity index is 995. The highest BCUT2D eigenvalue weighted by atomic mass is 16.6. The van der Waals surface area contributed by atoms with Crippen LogP contribution in [0.2, 0.25) is 0 Å². The number of carboxylic acids is 2. The van der Waals surface area contributed by atoms with E-state index in [1.807, 2.05) is 18.2 Å². The van der Waals surface area contributed by atoms with Crippen molar-refractivity contribution >= 4 is 34.9 Å². The van der Waals surface area contributed by atoms with Crippen molar-refractivity contribution < 1.29 is 34.3 Å². The molecule has 0 aromatic heterocycles. The van der Waals surface area contributed by atoms with Gasteiger partial charge in [-0.05, 0) is 18.2 Å². The van der Waals surface area contributed by atoms with Gasteiger partial charge in [0.05, 0.1) is 17.7 Å². The van der Waals surface area contributed by atoms with Crippen LogP contribution in [-0.4, -0.2) is 77.7 Å². The number of nitro benzene ring substituents is 1. The summed E-state index contributed by atoms with van der Waals surface area (Å²) in [5, 5.41) is 28.4. The zero-order valence-electron chi connectivity index (χ0n) is 18.5. The molecular formula is C22H26N4O8. The van der Waals surface area contributed by atoms with Crippen LogP contribution in [0.5, 0.6) is 5.75 Å². The topological polar surface area (TPSA) is 163 Å². The summed E-state index contributed by atoms with van der Waals surface area (Å²) in [5.41, 5.74) is 1.45. The highest BCUT2D eigenvalue weighted by Crippen LogP contribution is 2.29. The van der Waals surface area contributed by atoms with E-state index in [1.165, 1.54) is 31.0 Å². The van der Waals surface area contributed by atoms with Crippen LogP contribution >= 0.6 is 0 Å². The average Bonchev–Trinajstić information content (AvgIpc) is 2.84. The van der Waals surface area contributed by atoms with Gasteiger partial charge < -0.3 is 25.2 Å². The number of aliphatic carboxylic acids is 2. The van der Waals surface area contributed by atoms with Gasteiger partial charge in [0.1, 0.15) is 5.75 Å². The molecule has 1 fully saturated rings. The number of carbonyl (C=O) groups is 3. The molecule has 0 atom stereocenters. The third-order valence-corrected chi connectivity index (χ3v) is 5.00. The van der Waals surface area contributed by atoms with E-state index in [-0.39, 0.29) is 11.6 Å². The molecule has 0 bridgehead atoms. The molecule has 0 spiro atoms. The van der Waals surface area contributed by atoms with Crippen molar-refractivity contribution in [2.24, 2.45) is 0 Å². The van der Waals surface area contributed by atoms with E-state index in [0.717, 1.165) is 26.2 Å². The lowest BCUT2D eigenvalue weighted by Crippen LogP contribution is -2.47. The SMILES string of the molecule is COc1ccc([N+](=O)[O-])cc1NC(=O)CCN1CCN(c2ccccc2)CC1.O=C(O)C(=O)O. The molecule has 0 saturated carbocycles. The number of rotatable bonds is 7. The fourth-order valence-corrected chi connectivity index (χ4v) is 3.25. The lowest BCUT2D eigenvalue weighted by Gasteiger charge is -2.36. The van der Waals surface area contributed by atoms with Crippen molar-refractivity contribution in [3.63, 3.8) is 0 Å². The molecule has 0 radical (unpaired) electrons. The molecule has 1 heterocycles. The molecule has 34 heavy (non-hydrogen) atoms. The quantitative estimate of drug-likeness (QED) is 0.307. The van der Waals surface area contributed by atoms with Crippen LogP contribution in [0.15, 0.2) is 48.5 Å². The van der Waals surface area contributed by atoms with E-state index in [0.29, 0.717) is 24.4 Å². The van der Waals surface area contributed by atoms with Gasteiger partial charge in [-0.3, -0.25) is 19.8 Å². The van der Waals surface area contributed by atoms with E-state index >= 15 is 0 Å². The number of anilines is 2. The van der Waals surface area contributed by atoms with Gasteiger partial charge in [-0.2, -0.15) is 0 Å². The largest absolute Gasteiger partial charge is 0.495 e. The zero-order valence-corrected chi connectivity index (χ0v) is 18.5. The first kappa shape index (κ1) is 26.1. The highest BCUT2D eigenvalue weighted by Gasteiger charge is 2.19. The number of ether oxygens (including phenoxy) is 1. The van der Waals surface area contributed by atoms with Crippen molar-refractivity contribution in [2.75, 3.05) is 50.1 Å². The van der Waals surface area contributed by atoms with Crippen molar-refractivity contribution in [3.05, 3.63) is 58.6 Å². The van der Waals surface area contributed by atoms with E-state index < -0.39 is 16.9 Å². The highest BCUT2D eigenvalue weighted by molar-refractivity contribution is 6.27. The number of para-hydroxylation sites is 1. The summed E-state index contributed by atoms with van der Waals surface area (Å²) in [4.78, 5) is 45.5. The maximum absolute atomic E-state index is 12.3. The molecule has 1 aliphatic heterocycles. The lowest BCUT2D eigenvalue weighted by molar-refractivity contribution is -0.384. The maximum atomic E-state index is 12.3. The number of amides is 1. The lowest BCUT2D eigenvalue weighted by atomic mass is 10.2. The summed E-state index contributed by atoms with van der Waals surface area (Å²) >= 11 is 0. The summed E-state index contributed by atoms with van der Waals surface area (Å²) in [7, 11) is 1.46. The summed E-state index contributed by atoms with van der Waals surface area (Å²) in [6.45, 7) is 4.27. The fraction of sp³-hybridized carbons (Fsp3) is 0.318. The van der Waals surface area contributed by atoms with Gasteiger partial charge in [0.2, 0.25) is 5.91 Å². The van der Waals surface area contributed by atoms with Crippen molar-refractivity contribution in [3.8, 4) is 5.75 Å². The molecule has 12 nitrogen and oxygen atoms in total. The van der Waals surface area contributed by atoms with Gasteiger partial charge >= 0.3 is 11.9 Å². The third kappa shape index (κ3) is 8.06.